The van der Waals surface area contributed by atoms with Crippen LogP contribution in [0.5, 0.6) is 0 Å². The summed E-state index contributed by atoms with van der Waals surface area (Å²) < 4.78 is 13.8. The van der Waals surface area contributed by atoms with E-state index in [9.17, 15) is 18.8 Å². The number of hydrogen-bond donors (Lipinski definition) is 2. The number of anilines is 2. The SMILES string of the molecule is CC[C@@H](NC(=O)N1C(=O)C(Cc2ccnc(N)c2)[C@H]1C(=O)N(C)c1cccc(F)c1)c1cccc(Cl)c1. The smallest absolute Gasteiger partial charge is 0.325 e. The van der Waals surface area contributed by atoms with Crippen molar-refractivity contribution in [3.8, 4) is 0 Å². The van der Waals surface area contributed by atoms with Crippen LogP contribution < -0.4 is 16.0 Å². The van der Waals surface area contributed by atoms with E-state index >= 15 is 0 Å². The van der Waals surface area contributed by atoms with E-state index in [0.29, 0.717) is 22.7 Å². The van der Waals surface area contributed by atoms with E-state index < -0.39 is 41.7 Å². The Hall–Kier alpha value is -3.98. The number of nitrogens with zero attached hydrogens (tertiary/aromatic N) is 3. The number of hydrogen-bond acceptors (Lipinski definition) is 5. The lowest BCUT2D eigenvalue weighted by Crippen LogP contribution is -2.70. The van der Waals surface area contributed by atoms with Gasteiger partial charge in [0.05, 0.1) is 12.0 Å². The second-order valence-electron chi connectivity index (χ2n) is 8.90. The number of halogens is 2. The molecule has 37 heavy (non-hydrogen) atoms. The van der Waals surface area contributed by atoms with Crippen LogP contribution in [0.3, 0.4) is 0 Å². The van der Waals surface area contributed by atoms with E-state index in [2.05, 4.69) is 10.3 Å². The zero-order valence-electron chi connectivity index (χ0n) is 20.4. The van der Waals surface area contributed by atoms with E-state index in [-0.39, 0.29) is 12.2 Å². The monoisotopic (exact) mass is 523 g/mol. The number of β-lactam (4-membered cyclic amide) rings is 1. The third kappa shape index (κ3) is 5.56. The average Bonchev–Trinajstić information content (AvgIpc) is 2.87. The van der Waals surface area contributed by atoms with Gasteiger partial charge in [0.25, 0.3) is 5.91 Å². The second-order valence-corrected chi connectivity index (χ2v) is 9.33. The number of benzene rings is 2. The summed E-state index contributed by atoms with van der Waals surface area (Å²) in [5, 5.41) is 3.38. The maximum absolute atomic E-state index is 13.8. The maximum atomic E-state index is 13.8. The number of imide groups is 1. The van der Waals surface area contributed by atoms with E-state index in [1.165, 1.54) is 36.3 Å². The van der Waals surface area contributed by atoms with Crippen molar-refractivity contribution in [2.45, 2.75) is 31.8 Å². The van der Waals surface area contributed by atoms with Crippen LogP contribution in [0.25, 0.3) is 0 Å². The van der Waals surface area contributed by atoms with Crippen molar-refractivity contribution < 1.29 is 18.8 Å². The van der Waals surface area contributed by atoms with Crippen LogP contribution in [-0.2, 0) is 16.0 Å². The normalized spacial score (nSPS) is 17.6. The number of likely N-dealkylation sites (tertiary alicyclic amines) is 1. The third-order valence-electron chi connectivity index (χ3n) is 6.47. The zero-order chi connectivity index (χ0) is 26.7. The molecule has 1 unspecified atom stereocenters. The van der Waals surface area contributed by atoms with Crippen LogP contribution in [0.1, 0.15) is 30.5 Å². The average molecular weight is 524 g/mol. The molecule has 2 aromatic carbocycles. The molecule has 0 bridgehead atoms. The number of likely N-dealkylation sites (N-methyl/N-ethyl adjacent to an activating group) is 1. The van der Waals surface area contributed by atoms with Crippen LogP contribution >= 0.6 is 11.6 Å². The number of amides is 4. The first-order valence-electron chi connectivity index (χ1n) is 11.8. The number of urea groups is 1. The second kappa shape index (κ2) is 11.0. The summed E-state index contributed by atoms with van der Waals surface area (Å²) in [5.74, 6) is -2.02. The summed E-state index contributed by atoms with van der Waals surface area (Å²) in [6.45, 7) is 1.89. The van der Waals surface area contributed by atoms with Gasteiger partial charge >= 0.3 is 6.03 Å². The third-order valence-corrected chi connectivity index (χ3v) is 6.71. The number of carbonyl (C=O) groups excluding carboxylic acids is 3. The highest BCUT2D eigenvalue weighted by molar-refractivity contribution is 6.30. The van der Waals surface area contributed by atoms with E-state index in [1.54, 1.807) is 36.4 Å². The number of rotatable bonds is 7. The lowest BCUT2D eigenvalue weighted by molar-refractivity contribution is -0.156. The molecule has 0 aliphatic carbocycles. The number of pyridine rings is 1. The zero-order valence-corrected chi connectivity index (χ0v) is 21.2. The Labute approximate surface area is 219 Å². The van der Waals surface area contributed by atoms with Crippen LogP contribution in [0.15, 0.2) is 66.9 Å². The minimum Gasteiger partial charge on any atom is -0.384 e. The molecule has 4 rings (SSSR count). The Balaban J connectivity index is 1.61. The van der Waals surface area contributed by atoms with Gasteiger partial charge in [-0.3, -0.25) is 14.5 Å². The van der Waals surface area contributed by atoms with Crippen LogP contribution in [0, 0.1) is 11.7 Å². The van der Waals surface area contributed by atoms with Gasteiger partial charge in [-0.05, 0) is 66.4 Å². The molecule has 1 fully saturated rings. The van der Waals surface area contributed by atoms with Gasteiger partial charge in [0.2, 0.25) is 5.91 Å². The van der Waals surface area contributed by atoms with Crippen molar-refractivity contribution >= 4 is 41.0 Å². The van der Waals surface area contributed by atoms with Crippen molar-refractivity contribution in [2.24, 2.45) is 5.92 Å². The van der Waals surface area contributed by atoms with Crippen molar-refractivity contribution in [2.75, 3.05) is 17.7 Å². The van der Waals surface area contributed by atoms with Gasteiger partial charge in [-0.2, -0.15) is 0 Å². The largest absolute Gasteiger partial charge is 0.384 e. The number of carbonyl (C=O) groups is 3. The fourth-order valence-electron chi connectivity index (χ4n) is 4.51. The van der Waals surface area contributed by atoms with Crippen LogP contribution in [-0.4, -0.2) is 40.8 Å². The molecule has 4 amide bonds. The van der Waals surface area contributed by atoms with Gasteiger partial charge in [-0.25, -0.2) is 14.2 Å². The summed E-state index contributed by atoms with van der Waals surface area (Å²) >= 11 is 6.12. The Bertz CT molecular complexity index is 1340. The molecule has 1 aliphatic heterocycles. The van der Waals surface area contributed by atoms with Crippen molar-refractivity contribution in [3.63, 3.8) is 0 Å². The summed E-state index contributed by atoms with van der Waals surface area (Å²) in [6, 6.07) is 13.8. The van der Waals surface area contributed by atoms with Crippen molar-refractivity contribution in [3.05, 3.63) is 88.8 Å². The van der Waals surface area contributed by atoms with Gasteiger partial charge in [0.1, 0.15) is 17.7 Å². The molecule has 3 N–H and O–H groups in total. The van der Waals surface area contributed by atoms with E-state index in [1.807, 2.05) is 13.0 Å². The Morgan fingerprint density at radius 2 is 1.95 bits per heavy atom. The summed E-state index contributed by atoms with van der Waals surface area (Å²) in [5.41, 5.74) is 7.58. The molecular formula is C27H27ClFN5O3. The number of nitrogen functional groups attached to an aromatic ring is 1. The lowest BCUT2D eigenvalue weighted by atomic mass is 9.81. The first kappa shape index (κ1) is 26.1. The Morgan fingerprint density at radius 1 is 1.19 bits per heavy atom. The van der Waals surface area contributed by atoms with Gasteiger partial charge in [-0.15, -0.1) is 0 Å². The van der Waals surface area contributed by atoms with Gasteiger partial charge in [0, 0.05) is 24.0 Å². The van der Waals surface area contributed by atoms with Crippen molar-refractivity contribution in [1.82, 2.24) is 15.2 Å². The Morgan fingerprint density at radius 3 is 2.62 bits per heavy atom. The number of aromatic nitrogens is 1. The van der Waals surface area contributed by atoms with Gasteiger partial charge < -0.3 is 16.0 Å². The predicted octanol–water partition coefficient (Wildman–Crippen LogP) is 4.35. The fraction of sp³-hybridized carbons (Fsp3) is 0.259. The molecule has 1 aliphatic rings. The van der Waals surface area contributed by atoms with Crippen LogP contribution in [0.4, 0.5) is 20.7 Å². The minimum absolute atomic E-state index is 0.189. The summed E-state index contributed by atoms with van der Waals surface area (Å²) in [6.07, 6.45) is 2.24. The first-order chi connectivity index (χ1) is 17.7. The van der Waals surface area contributed by atoms with Crippen molar-refractivity contribution in [1.29, 1.82) is 0 Å². The quantitative estimate of drug-likeness (QED) is 0.447. The topological polar surface area (TPSA) is 109 Å². The molecule has 10 heteroatoms. The molecule has 0 saturated carbocycles. The highest BCUT2D eigenvalue weighted by Gasteiger charge is 2.55. The molecule has 3 atom stereocenters. The van der Waals surface area contributed by atoms with Gasteiger partial charge in [0.15, 0.2) is 0 Å². The lowest BCUT2D eigenvalue weighted by Gasteiger charge is -2.46. The molecular weight excluding hydrogens is 497 g/mol. The highest BCUT2D eigenvalue weighted by Crippen LogP contribution is 2.33. The molecule has 3 aromatic rings. The standard InChI is InChI=1S/C27H27ClFN5O3/c1-3-22(17-6-4-7-18(28)14-17)32-27(37)34-24(26(36)33(2)20-9-5-8-19(29)15-20)21(25(34)35)12-16-10-11-31-23(30)13-16/h4-11,13-15,21-22,24H,3,12H2,1-2H3,(H2,30,31)(H,32,37)/t21?,22-,24+/m1/s1. The minimum atomic E-state index is -1.09. The number of nitrogens with two attached hydrogens (primary N) is 1. The number of nitrogens with one attached hydrogen (secondary N) is 1. The first-order valence-corrected chi connectivity index (χ1v) is 12.2. The molecule has 1 aromatic heterocycles. The molecule has 192 valence electrons. The highest BCUT2D eigenvalue weighted by atomic mass is 35.5. The molecule has 0 radical (unpaired) electrons. The maximum Gasteiger partial charge on any atom is 0.325 e. The van der Waals surface area contributed by atoms with E-state index in [4.69, 9.17) is 17.3 Å². The van der Waals surface area contributed by atoms with Gasteiger partial charge in [-0.1, -0.05) is 36.7 Å². The van der Waals surface area contributed by atoms with Crippen LogP contribution in [0.2, 0.25) is 5.02 Å². The Kier molecular flexibility index (Phi) is 7.73. The molecule has 1 saturated heterocycles. The summed E-state index contributed by atoms with van der Waals surface area (Å²) in [7, 11) is 1.48. The summed E-state index contributed by atoms with van der Waals surface area (Å²) in [4.78, 5) is 46.4. The molecule has 8 nitrogen and oxygen atoms in total. The molecule has 0 spiro atoms. The molecule has 2 heterocycles. The fourth-order valence-corrected chi connectivity index (χ4v) is 4.70. The predicted molar refractivity (Wildman–Crippen MR) is 139 cm³/mol. The van der Waals surface area contributed by atoms with E-state index in [0.717, 1.165) is 10.5 Å².